The highest BCUT2D eigenvalue weighted by Gasteiger charge is 2.44. The summed E-state index contributed by atoms with van der Waals surface area (Å²) in [4.78, 5) is 0. The van der Waals surface area contributed by atoms with Crippen LogP contribution < -0.4 is 0 Å². The third-order valence-electron chi connectivity index (χ3n) is 6.89. The van der Waals surface area contributed by atoms with E-state index in [9.17, 15) is 0 Å². The van der Waals surface area contributed by atoms with Gasteiger partial charge in [0.15, 0.2) is 10.8 Å². The molecule has 0 radical (unpaired) electrons. The predicted octanol–water partition coefficient (Wildman–Crippen LogP) is 9.36. The Hall–Kier alpha value is -3.20. The lowest BCUT2D eigenvalue weighted by Gasteiger charge is -2.36. The van der Waals surface area contributed by atoms with E-state index in [0.717, 1.165) is 12.8 Å². The van der Waals surface area contributed by atoms with Crippen molar-refractivity contribution in [2.24, 2.45) is 0 Å². The Morgan fingerprint density at radius 3 is 2.12 bits per heavy atom. The number of fused-ring (bicyclic) bond motifs is 5. The van der Waals surface area contributed by atoms with Crippen LogP contribution >= 0.6 is 23.1 Å². The van der Waals surface area contributed by atoms with Gasteiger partial charge in [0.05, 0.1) is 0 Å². The highest BCUT2D eigenvalue weighted by Crippen LogP contribution is 2.56. The van der Waals surface area contributed by atoms with Gasteiger partial charge in [0.1, 0.15) is 0 Å². The van der Waals surface area contributed by atoms with Crippen LogP contribution in [0.25, 0.3) is 17.2 Å². The summed E-state index contributed by atoms with van der Waals surface area (Å²) in [6.07, 6.45) is 17.9. The third kappa shape index (κ3) is 3.98. The van der Waals surface area contributed by atoms with Crippen molar-refractivity contribution in [3.63, 3.8) is 0 Å². The average Bonchev–Trinajstić information content (AvgIpc) is 3.17. The van der Waals surface area contributed by atoms with E-state index in [0.29, 0.717) is 0 Å². The number of hydrogen-bond acceptors (Lipinski definition) is 1. The second-order valence-electron chi connectivity index (χ2n) is 8.97. The fourth-order valence-electron chi connectivity index (χ4n) is 5.41. The minimum Gasteiger partial charge on any atom is -0.106 e. The zero-order valence-electron chi connectivity index (χ0n) is 18.9. The van der Waals surface area contributed by atoms with Crippen LogP contribution in [-0.2, 0) is 5.41 Å². The SMILES string of the molecule is C1=CC(=C/C=C2C=C(/C=C/c3cc[s+]cc3)CC3(C/2)c2ccccc2-c2ccccc23)C=CS1. The summed E-state index contributed by atoms with van der Waals surface area (Å²) in [5.74, 6) is 0. The second-order valence-corrected chi connectivity index (χ2v) is 10.6. The normalized spacial score (nSPS) is 18.9. The molecule has 6 rings (SSSR count). The first kappa shape index (κ1) is 21.3. The molecule has 2 heteroatoms. The van der Waals surface area contributed by atoms with Crippen molar-refractivity contribution in [2.45, 2.75) is 18.3 Å². The average molecular weight is 474 g/mol. The molecule has 1 aromatic heterocycles. The highest BCUT2D eigenvalue weighted by atomic mass is 32.2. The molecule has 0 bridgehead atoms. The van der Waals surface area contributed by atoms with Gasteiger partial charge in [-0.1, -0.05) is 78.9 Å². The molecule has 2 heterocycles. The van der Waals surface area contributed by atoms with E-state index < -0.39 is 0 Å². The quantitative estimate of drug-likeness (QED) is 0.341. The molecule has 2 aromatic carbocycles. The van der Waals surface area contributed by atoms with E-state index in [4.69, 9.17) is 0 Å². The number of thioether (sulfide) groups is 1. The molecular formula is C32H25S2+. The van der Waals surface area contributed by atoms with Gasteiger partial charge in [-0.25, -0.2) is 0 Å². The van der Waals surface area contributed by atoms with E-state index in [1.165, 1.54) is 44.5 Å². The molecule has 0 saturated carbocycles. The number of rotatable bonds is 3. The second kappa shape index (κ2) is 9.21. The van der Waals surface area contributed by atoms with Crippen molar-refractivity contribution >= 4 is 29.2 Å². The highest BCUT2D eigenvalue weighted by molar-refractivity contribution is 8.04. The van der Waals surface area contributed by atoms with E-state index in [2.05, 4.69) is 125 Å². The van der Waals surface area contributed by atoms with Gasteiger partial charge in [0.2, 0.25) is 11.3 Å². The van der Waals surface area contributed by atoms with Crippen LogP contribution in [0.1, 0.15) is 29.5 Å². The maximum absolute atomic E-state index is 2.40. The lowest BCUT2D eigenvalue weighted by Crippen LogP contribution is -2.29. The fourth-order valence-corrected chi connectivity index (χ4v) is 6.54. The van der Waals surface area contributed by atoms with Crippen LogP contribution in [0.5, 0.6) is 0 Å². The molecule has 3 aromatic rings. The molecular weight excluding hydrogens is 448 g/mol. The van der Waals surface area contributed by atoms with E-state index in [1.54, 1.807) is 23.1 Å². The minimum atomic E-state index is -0.0290. The van der Waals surface area contributed by atoms with Gasteiger partial charge >= 0.3 is 0 Å². The Bertz CT molecular complexity index is 1350. The number of allylic oxidation sites excluding steroid dienone is 9. The van der Waals surface area contributed by atoms with Crippen LogP contribution in [0.4, 0.5) is 0 Å². The first-order valence-electron chi connectivity index (χ1n) is 11.6. The zero-order valence-corrected chi connectivity index (χ0v) is 20.5. The number of hydrogen-bond donors (Lipinski definition) is 0. The molecule has 34 heavy (non-hydrogen) atoms. The Kier molecular flexibility index (Phi) is 5.78. The van der Waals surface area contributed by atoms with Crippen molar-refractivity contribution in [2.75, 3.05) is 0 Å². The van der Waals surface area contributed by atoms with Gasteiger partial charge < -0.3 is 0 Å². The lowest BCUT2D eigenvalue weighted by atomic mass is 9.66. The van der Waals surface area contributed by atoms with Crippen molar-refractivity contribution < 1.29 is 0 Å². The standard InChI is InChI=1S/C32H25S2/c1-3-7-30-28(5-1)29-6-2-4-8-31(29)32(30)22-26(11-9-24-13-17-33-18-14-24)21-27(23-32)12-10-25-15-19-34-20-16-25/h1-21H,22-23H2/q+1. The van der Waals surface area contributed by atoms with Crippen LogP contribution in [0.15, 0.2) is 135 Å². The van der Waals surface area contributed by atoms with Gasteiger partial charge in [0, 0.05) is 17.5 Å². The first-order valence-corrected chi connectivity index (χ1v) is 13.5. The molecule has 0 nitrogen and oxygen atoms in total. The Labute approximate surface area is 210 Å². The number of benzene rings is 2. The summed E-state index contributed by atoms with van der Waals surface area (Å²) in [6, 6.07) is 22.4. The van der Waals surface area contributed by atoms with Gasteiger partial charge in [-0.2, -0.15) is 0 Å². The van der Waals surface area contributed by atoms with Crippen LogP contribution in [0, 0.1) is 0 Å². The smallest absolute Gasteiger partial charge is 0.106 e. The predicted molar refractivity (Wildman–Crippen MR) is 150 cm³/mol. The molecule has 1 aliphatic heterocycles. The maximum atomic E-state index is 2.40. The Balaban J connectivity index is 1.47. The van der Waals surface area contributed by atoms with Gasteiger partial charge in [-0.15, -0.1) is 11.8 Å². The van der Waals surface area contributed by atoms with Gasteiger partial charge in [-0.3, -0.25) is 0 Å². The van der Waals surface area contributed by atoms with Crippen molar-refractivity contribution in [3.05, 3.63) is 152 Å². The summed E-state index contributed by atoms with van der Waals surface area (Å²) in [5, 5.41) is 8.56. The zero-order chi connectivity index (χ0) is 22.8. The van der Waals surface area contributed by atoms with Crippen LogP contribution in [-0.4, -0.2) is 0 Å². The Morgan fingerprint density at radius 2 is 1.41 bits per heavy atom. The topological polar surface area (TPSA) is 0 Å². The van der Waals surface area contributed by atoms with E-state index in [1.807, 2.05) is 0 Å². The van der Waals surface area contributed by atoms with Crippen molar-refractivity contribution in [1.29, 1.82) is 0 Å². The summed E-state index contributed by atoms with van der Waals surface area (Å²) in [5.41, 5.74) is 10.9. The van der Waals surface area contributed by atoms with Gasteiger partial charge in [0.25, 0.3) is 0 Å². The van der Waals surface area contributed by atoms with E-state index >= 15 is 0 Å². The largest absolute Gasteiger partial charge is 0.211 e. The van der Waals surface area contributed by atoms with Crippen molar-refractivity contribution in [3.8, 4) is 11.1 Å². The molecule has 0 atom stereocenters. The molecule has 0 saturated heterocycles. The minimum absolute atomic E-state index is 0.0290. The maximum Gasteiger partial charge on any atom is 0.211 e. The molecule has 0 fully saturated rings. The van der Waals surface area contributed by atoms with Crippen LogP contribution in [0.3, 0.4) is 0 Å². The molecule has 164 valence electrons. The fraction of sp³-hybridized carbons (Fsp3) is 0.0938. The molecule has 3 aliphatic rings. The molecule has 0 amide bonds. The van der Waals surface area contributed by atoms with Gasteiger partial charge in [-0.05, 0) is 80.3 Å². The molecule has 2 aliphatic carbocycles. The first-order chi connectivity index (χ1) is 16.8. The molecule has 0 N–H and O–H groups in total. The third-order valence-corrected chi connectivity index (χ3v) is 8.07. The summed E-state index contributed by atoms with van der Waals surface area (Å²) >= 11 is 3.44. The van der Waals surface area contributed by atoms with Crippen molar-refractivity contribution in [1.82, 2.24) is 0 Å². The molecule has 1 spiro atoms. The summed E-state index contributed by atoms with van der Waals surface area (Å²) in [7, 11) is 0. The van der Waals surface area contributed by atoms with E-state index in [-0.39, 0.29) is 5.41 Å². The monoisotopic (exact) mass is 473 g/mol. The summed E-state index contributed by atoms with van der Waals surface area (Å²) in [6.45, 7) is 0. The molecule has 0 unspecified atom stereocenters. The Morgan fingerprint density at radius 1 is 0.735 bits per heavy atom. The van der Waals surface area contributed by atoms with Crippen LogP contribution in [0.2, 0.25) is 0 Å². The summed E-state index contributed by atoms with van der Waals surface area (Å²) < 4.78 is 0. The lowest BCUT2D eigenvalue weighted by molar-refractivity contribution is 0.511.